The zero-order valence-electron chi connectivity index (χ0n) is 23.5. The fraction of sp³-hybridized carbons (Fsp3) is 0.393. The van der Waals surface area contributed by atoms with Crippen molar-refractivity contribution >= 4 is 52.0 Å². The number of rotatable bonds is 11. The lowest BCUT2D eigenvalue weighted by Crippen LogP contribution is -2.42. The van der Waals surface area contributed by atoms with Crippen molar-refractivity contribution in [1.29, 1.82) is 5.41 Å². The molecule has 13 heteroatoms. The van der Waals surface area contributed by atoms with Crippen LogP contribution >= 0.6 is 11.6 Å². The first kappa shape index (κ1) is 31.2. The highest BCUT2D eigenvalue weighted by atomic mass is 35.5. The fourth-order valence-corrected chi connectivity index (χ4v) is 4.21. The van der Waals surface area contributed by atoms with Crippen LogP contribution in [0.15, 0.2) is 36.4 Å². The SMILES string of the molecule is CC(C)(C)OC(=O)NCCCOc1ccc(CCCCN(C(=N)N)C(=O)c2nc(Cl)c(N)nc2N)c2ccccc12. The number of alkyl carbamates (subject to hydrolysis) is 1. The average molecular weight is 585 g/mol. The van der Waals surface area contributed by atoms with Crippen LogP contribution in [0.1, 0.15) is 56.1 Å². The van der Waals surface area contributed by atoms with Crippen LogP contribution in [0.4, 0.5) is 16.4 Å². The van der Waals surface area contributed by atoms with E-state index in [0.717, 1.165) is 39.8 Å². The fourth-order valence-electron chi connectivity index (χ4n) is 4.08. The van der Waals surface area contributed by atoms with Gasteiger partial charge in [-0.25, -0.2) is 14.8 Å². The molecule has 0 unspecified atom stereocenters. The molecule has 0 saturated carbocycles. The minimum absolute atomic E-state index is 0.0889. The molecule has 3 rings (SSSR count). The van der Waals surface area contributed by atoms with Gasteiger partial charge in [-0.3, -0.25) is 15.1 Å². The van der Waals surface area contributed by atoms with Gasteiger partial charge >= 0.3 is 6.09 Å². The molecular formula is C28H37ClN8O4. The molecule has 1 aromatic heterocycles. The van der Waals surface area contributed by atoms with Gasteiger partial charge in [-0.15, -0.1) is 0 Å². The van der Waals surface area contributed by atoms with Gasteiger partial charge in [0, 0.05) is 18.5 Å². The number of nitrogens with zero attached hydrogens (tertiary/aromatic N) is 3. The minimum atomic E-state index is -0.669. The first-order valence-electron chi connectivity index (χ1n) is 13.2. The summed E-state index contributed by atoms with van der Waals surface area (Å²) >= 11 is 5.90. The monoisotopic (exact) mass is 584 g/mol. The number of amides is 2. The summed E-state index contributed by atoms with van der Waals surface area (Å²) in [7, 11) is 0. The number of nitrogens with two attached hydrogens (primary N) is 3. The summed E-state index contributed by atoms with van der Waals surface area (Å²) < 4.78 is 11.3. The van der Waals surface area contributed by atoms with Crippen LogP contribution in [0, 0.1) is 5.41 Å². The van der Waals surface area contributed by atoms with Gasteiger partial charge in [-0.2, -0.15) is 0 Å². The topological polar surface area (TPSA) is 196 Å². The molecule has 0 atom stereocenters. The Morgan fingerprint density at radius 2 is 1.73 bits per heavy atom. The van der Waals surface area contributed by atoms with Crippen molar-refractivity contribution in [3.8, 4) is 5.75 Å². The summed E-state index contributed by atoms with van der Waals surface area (Å²) in [6.45, 7) is 6.51. The third-order valence-corrected chi connectivity index (χ3v) is 6.22. The second kappa shape index (κ2) is 13.8. The van der Waals surface area contributed by atoms with Crippen LogP contribution in [-0.2, 0) is 11.2 Å². The summed E-state index contributed by atoms with van der Waals surface area (Å²) in [5, 5.41) is 12.5. The predicted molar refractivity (Wildman–Crippen MR) is 160 cm³/mol. The molecule has 0 spiro atoms. The first-order chi connectivity index (χ1) is 19.4. The number of carbonyl (C=O) groups is 2. The van der Waals surface area contributed by atoms with E-state index < -0.39 is 23.6 Å². The Balaban J connectivity index is 1.56. The molecule has 2 aromatic carbocycles. The van der Waals surface area contributed by atoms with Crippen LogP contribution in [-0.4, -0.2) is 58.1 Å². The van der Waals surface area contributed by atoms with E-state index in [9.17, 15) is 9.59 Å². The number of nitrogen functional groups attached to an aromatic ring is 2. The summed E-state index contributed by atoms with van der Waals surface area (Å²) in [6, 6.07) is 11.9. The maximum atomic E-state index is 12.9. The van der Waals surface area contributed by atoms with E-state index >= 15 is 0 Å². The number of nitrogens with one attached hydrogen (secondary N) is 2. The number of hydrogen-bond acceptors (Lipinski definition) is 9. The molecule has 0 radical (unpaired) electrons. The van der Waals surface area contributed by atoms with Gasteiger partial charge in [0.15, 0.2) is 28.4 Å². The molecule has 8 N–H and O–H groups in total. The zero-order chi connectivity index (χ0) is 30.2. The van der Waals surface area contributed by atoms with Crippen molar-refractivity contribution in [1.82, 2.24) is 20.2 Å². The largest absolute Gasteiger partial charge is 0.493 e. The van der Waals surface area contributed by atoms with Crippen LogP contribution in [0.3, 0.4) is 0 Å². The van der Waals surface area contributed by atoms with E-state index in [1.807, 2.05) is 57.2 Å². The molecule has 0 bridgehead atoms. The highest BCUT2D eigenvalue weighted by Crippen LogP contribution is 2.29. The summed E-state index contributed by atoms with van der Waals surface area (Å²) in [5.74, 6) is -0.615. The number of guanidine groups is 1. The van der Waals surface area contributed by atoms with Gasteiger partial charge in [0.2, 0.25) is 0 Å². The Morgan fingerprint density at radius 1 is 1.02 bits per heavy atom. The van der Waals surface area contributed by atoms with Gasteiger partial charge in [-0.05, 0) is 63.5 Å². The van der Waals surface area contributed by atoms with Crippen molar-refractivity contribution in [2.24, 2.45) is 5.73 Å². The molecular weight excluding hydrogens is 548 g/mol. The third kappa shape index (κ3) is 8.84. The van der Waals surface area contributed by atoms with Gasteiger partial charge in [-0.1, -0.05) is 41.9 Å². The molecule has 0 aliphatic carbocycles. The first-order valence-corrected chi connectivity index (χ1v) is 13.6. The maximum Gasteiger partial charge on any atom is 0.407 e. The average Bonchev–Trinajstić information content (AvgIpc) is 2.89. The smallest absolute Gasteiger partial charge is 0.407 e. The Bertz CT molecular complexity index is 1410. The molecule has 41 heavy (non-hydrogen) atoms. The number of ether oxygens (including phenoxy) is 2. The van der Waals surface area contributed by atoms with E-state index in [4.69, 9.17) is 43.7 Å². The van der Waals surface area contributed by atoms with Crippen molar-refractivity contribution in [3.05, 3.63) is 52.8 Å². The molecule has 1 heterocycles. The second-order valence-electron chi connectivity index (χ2n) is 10.3. The van der Waals surface area contributed by atoms with Crippen LogP contribution in [0.2, 0.25) is 5.15 Å². The lowest BCUT2D eigenvalue weighted by Gasteiger charge is -2.21. The highest BCUT2D eigenvalue weighted by Gasteiger charge is 2.24. The molecule has 3 aromatic rings. The second-order valence-corrected chi connectivity index (χ2v) is 10.7. The van der Waals surface area contributed by atoms with Crippen molar-refractivity contribution < 1.29 is 19.1 Å². The van der Waals surface area contributed by atoms with Gasteiger partial charge in [0.05, 0.1) is 6.61 Å². The maximum absolute atomic E-state index is 12.9. The minimum Gasteiger partial charge on any atom is -0.493 e. The van der Waals surface area contributed by atoms with E-state index in [1.165, 1.54) is 0 Å². The van der Waals surface area contributed by atoms with Crippen molar-refractivity contribution in [3.63, 3.8) is 0 Å². The normalized spacial score (nSPS) is 11.2. The van der Waals surface area contributed by atoms with E-state index in [0.29, 0.717) is 26.0 Å². The molecule has 0 aliphatic rings. The van der Waals surface area contributed by atoms with Crippen LogP contribution < -0.4 is 27.3 Å². The van der Waals surface area contributed by atoms with Gasteiger partial charge in [0.1, 0.15) is 11.4 Å². The van der Waals surface area contributed by atoms with Crippen molar-refractivity contribution in [2.75, 3.05) is 31.2 Å². The third-order valence-electron chi connectivity index (χ3n) is 5.94. The Hall–Kier alpha value is -4.32. The molecule has 0 fully saturated rings. The number of aryl methyl sites for hydroxylation is 1. The predicted octanol–water partition coefficient (Wildman–Crippen LogP) is 4.10. The molecule has 2 amide bonds. The quantitative estimate of drug-likeness (QED) is 0.125. The van der Waals surface area contributed by atoms with E-state index in [-0.39, 0.29) is 29.0 Å². The van der Waals surface area contributed by atoms with Crippen molar-refractivity contribution in [2.45, 2.75) is 52.1 Å². The number of benzene rings is 2. The number of carbonyl (C=O) groups excluding carboxylic acids is 2. The number of fused-ring (bicyclic) bond motifs is 1. The number of unbranched alkanes of at least 4 members (excludes halogenated alkanes) is 1. The summed E-state index contributed by atoms with van der Waals surface area (Å²) in [5.41, 5.74) is 17.4. The van der Waals surface area contributed by atoms with Crippen LogP contribution in [0.25, 0.3) is 10.8 Å². The molecule has 12 nitrogen and oxygen atoms in total. The number of halogens is 1. The number of anilines is 2. The Morgan fingerprint density at radius 3 is 2.41 bits per heavy atom. The highest BCUT2D eigenvalue weighted by molar-refractivity contribution is 6.31. The molecule has 0 saturated heterocycles. The number of aromatic nitrogens is 2. The standard InChI is InChI=1S/C28H37ClN8O4/c1-28(2,3)41-27(39)34-14-8-16-40-20-13-12-17(18-10-4-5-11-19(18)20)9-6-7-15-37(26(32)33)25(38)21-23(30)36-24(31)22(29)35-21/h4-5,10-13H,6-9,14-16H2,1-3H3,(H3,32,33)(H,34,39)(H4,30,31,36). The molecule has 0 aliphatic heterocycles. The Labute approximate surface area is 244 Å². The lowest BCUT2D eigenvalue weighted by atomic mass is 9.99. The van der Waals surface area contributed by atoms with Gasteiger partial charge in [0.25, 0.3) is 5.91 Å². The number of hydrogen-bond donors (Lipinski definition) is 5. The van der Waals surface area contributed by atoms with Gasteiger partial charge < -0.3 is 32.0 Å². The summed E-state index contributed by atoms with van der Waals surface area (Å²) in [4.78, 5) is 33.6. The van der Waals surface area contributed by atoms with E-state index in [2.05, 4.69) is 15.3 Å². The van der Waals surface area contributed by atoms with E-state index in [1.54, 1.807) is 0 Å². The van der Waals surface area contributed by atoms with Crippen LogP contribution in [0.5, 0.6) is 5.75 Å². The zero-order valence-corrected chi connectivity index (χ0v) is 24.3. The molecule has 220 valence electrons. The lowest BCUT2D eigenvalue weighted by molar-refractivity contribution is 0.0525. The Kier molecular flexibility index (Phi) is 10.5. The summed E-state index contributed by atoms with van der Waals surface area (Å²) in [6.07, 6.45) is 2.20.